The minimum Gasteiger partial charge on any atom is -0.486 e. The molecular formula is C22H20N4O4S. The number of ether oxygens (including phenoxy) is 2. The van der Waals surface area contributed by atoms with E-state index in [4.69, 9.17) is 9.47 Å². The highest BCUT2D eigenvalue weighted by Crippen LogP contribution is 2.26. The molecule has 4 rings (SSSR count). The Morgan fingerprint density at radius 3 is 2.74 bits per heavy atom. The zero-order chi connectivity index (χ0) is 21.8. The minimum absolute atomic E-state index is 0.218. The van der Waals surface area contributed by atoms with Crippen LogP contribution in [0.4, 0.5) is 5.13 Å². The molecule has 0 unspecified atom stereocenters. The highest BCUT2D eigenvalue weighted by Gasteiger charge is 2.19. The molecule has 4 aromatic rings. The number of benzene rings is 1. The van der Waals surface area contributed by atoms with Gasteiger partial charge in [-0.1, -0.05) is 29.5 Å². The zero-order valence-corrected chi connectivity index (χ0v) is 17.8. The number of imidazole rings is 1. The van der Waals surface area contributed by atoms with Gasteiger partial charge in [0.25, 0.3) is 5.91 Å². The first-order valence-electron chi connectivity index (χ1n) is 9.65. The molecule has 0 aliphatic carbocycles. The van der Waals surface area contributed by atoms with Crippen molar-refractivity contribution < 1.29 is 19.1 Å². The standard InChI is InChI=1S/C22H20N4O4S/c1-3-29-21(28)19-14(2)23-22(31-19)25-20(27)16-8-4-5-9-17(16)30-13-15-12-26-11-7-6-10-18(26)24-15/h4-12H,3,13H2,1-2H3,(H,23,25,27). The number of esters is 1. The van der Waals surface area contributed by atoms with Gasteiger partial charge in [-0.25, -0.2) is 14.8 Å². The summed E-state index contributed by atoms with van der Waals surface area (Å²) in [5.41, 5.74) is 2.44. The number of hydrogen-bond donors (Lipinski definition) is 1. The quantitative estimate of drug-likeness (QED) is 0.438. The maximum atomic E-state index is 12.8. The predicted molar refractivity (Wildman–Crippen MR) is 117 cm³/mol. The van der Waals surface area contributed by atoms with Crippen molar-refractivity contribution in [2.75, 3.05) is 11.9 Å². The number of nitrogens with one attached hydrogen (secondary N) is 1. The Hall–Kier alpha value is -3.72. The third kappa shape index (κ3) is 4.56. The van der Waals surface area contributed by atoms with Gasteiger partial charge in [-0.3, -0.25) is 10.1 Å². The van der Waals surface area contributed by atoms with Crippen LogP contribution < -0.4 is 10.1 Å². The van der Waals surface area contributed by atoms with Gasteiger partial charge in [0.05, 0.1) is 23.6 Å². The van der Waals surface area contributed by atoms with E-state index in [2.05, 4.69) is 15.3 Å². The number of aromatic nitrogens is 3. The van der Waals surface area contributed by atoms with Crippen LogP contribution in [-0.2, 0) is 11.3 Å². The molecule has 0 aliphatic rings. The molecule has 31 heavy (non-hydrogen) atoms. The van der Waals surface area contributed by atoms with Crippen LogP contribution in [-0.4, -0.2) is 32.9 Å². The minimum atomic E-state index is -0.450. The smallest absolute Gasteiger partial charge is 0.350 e. The van der Waals surface area contributed by atoms with E-state index in [9.17, 15) is 9.59 Å². The summed E-state index contributed by atoms with van der Waals surface area (Å²) in [6, 6.07) is 12.7. The molecule has 8 nitrogen and oxygen atoms in total. The summed E-state index contributed by atoms with van der Waals surface area (Å²) in [5.74, 6) is -0.403. The normalized spacial score (nSPS) is 10.8. The maximum absolute atomic E-state index is 12.8. The first kappa shape index (κ1) is 20.5. The fourth-order valence-electron chi connectivity index (χ4n) is 2.99. The molecule has 3 heterocycles. The molecule has 9 heteroatoms. The van der Waals surface area contributed by atoms with Crippen LogP contribution in [0.25, 0.3) is 5.65 Å². The van der Waals surface area contributed by atoms with Crippen molar-refractivity contribution in [1.29, 1.82) is 0 Å². The topological polar surface area (TPSA) is 94.8 Å². The second kappa shape index (κ2) is 8.97. The Morgan fingerprint density at radius 2 is 1.94 bits per heavy atom. The summed E-state index contributed by atoms with van der Waals surface area (Å²) in [4.78, 5) is 34.0. The van der Waals surface area contributed by atoms with Gasteiger partial charge in [-0.05, 0) is 38.1 Å². The van der Waals surface area contributed by atoms with E-state index in [-0.39, 0.29) is 19.1 Å². The van der Waals surface area contributed by atoms with Crippen LogP contribution >= 0.6 is 11.3 Å². The fraction of sp³-hybridized carbons (Fsp3) is 0.182. The summed E-state index contributed by atoms with van der Waals surface area (Å²) in [5, 5.41) is 3.06. The molecule has 1 amide bonds. The molecule has 0 saturated carbocycles. The number of pyridine rings is 1. The Morgan fingerprint density at radius 1 is 1.13 bits per heavy atom. The van der Waals surface area contributed by atoms with Gasteiger partial charge >= 0.3 is 5.97 Å². The largest absolute Gasteiger partial charge is 0.486 e. The highest BCUT2D eigenvalue weighted by atomic mass is 32.1. The van der Waals surface area contributed by atoms with Crippen LogP contribution in [0.2, 0.25) is 0 Å². The summed E-state index contributed by atoms with van der Waals surface area (Å²) in [6.07, 6.45) is 3.79. The summed E-state index contributed by atoms with van der Waals surface area (Å²) >= 11 is 1.08. The number of nitrogens with zero attached hydrogens (tertiary/aromatic N) is 3. The SMILES string of the molecule is CCOC(=O)c1sc(NC(=O)c2ccccc2OCc2cn3ccccc3n2)nc1C. The molecule has 0 aliphatic heterocycles. The molecule has 158 valence electrons. The summed E-state index contributed by atoms with van der Waals surface area (Å²) < 4.78 is 12.8. The van der Waals surface area contributed by atoms with Crippen molar-refractivity contribution in [1.82, 2.24) is 14.4 Å². The van der Waals surface area contributed by atoms with Crippen LogP contribution in [0.5, 0.6) is 5.75 Å². The summed E-state index contributed by atoms with van der Waals surface area (Å²) in [6.45, 7) is 3.93. The predicted octanol–water partition coefficient (Wildman–Crippen LogP) is 4.11. The second-order valence-electron chi connectivity index (χ2n) is 6.59. The molecule has 0 bridgehead atoms. The first-order chi connectivity index (χ1) is 15.0. The van der Waals surface area contributed by atoms with E-state index >= 15 is 0 Å². The van der Waals surface area contributed by atoms with Gasteiger partial charge < -0.3 is 13.9 Å². The average molecular weight is 436 g/mol. The third-order valence-electron chi connectivity index (χ3n) is 4.40. The Balaban J connectivity index is 1.48. The van der Waals surface area contributed by atoms with Gasteiger partial charge in [-0.2, -0.15) is 0 Å². The number of thiazole rings is 1. The van der Waals surface area contributed by atoms with Crippen LogP contribution in [0.15, 0.2) is 54.9 Å². The van der Waals surface area contributed by atoms with Crippen molar-refractivity contribution >= 4 is 34.0 Å². The van der Waals surface area contributed by atoms with E-state index < -0.39 is 5.97 Å². The van der Waals surface area contributed by atoms with Crippen molar-refractivity contribution in [3.8, 4) is 5.75 Å². The molecular weight excluding hydrogens is 416 g/mol. The van der Waals surface area contributed by atoms with Gasteiger partial charge in [0.1, 0.15) is 22.9 Å². The Labute approximate surface area is 182 Å². The van der Waals surface area contributed by atoms with Gasteiger partial charge in [0.2, 0.25) is 0 Å². The number of para-hydroxylation sites is 1. The maximum Gasteiger partial charge on any atom is 0.350 e. The number of fused-ring (bicyclic) bond motifs is 1. The molecule has 1 N–H and O–H groups in total. The summed E-state index contributed by atoms with van der Waals surface area (Å²) in [7, 11) is 0. The second-order valence-corrected chi connectivity index (χ2v) is 7.59. The highest BCUT2D eigenvalue weighted by molar-refractivity contribution is 7.17. The number of carbonyl (C=O) groups is 2. The van der Waals surface area contributed by atoms with Crippen molar-refractivity contribution in [2.24, 2.45) is 0 Å². The van der Waals surface area contributed by atoms with Crippen molar-refractivity contribution in [2.45, 2.75) is 20.5 Å². The van der Waals surface area contributed by atoms with E-state index in [1.54, 1.807) is 38.1 Å². The average Bonchev–Trinajstić information content (AvgIpc) is 3.35. The molecule has 0 spiro atoms. The number of aryl methyl sites for hydroxylation is 1. The van der Waals surface area contributed by atoms with Gasteiger partial charge in [0, 0.05) is 12.4 Å². The van der Waals surface area contributed by atoms with Crippen LogP contribution in [0.3, 0.4) is 0 Å². The number of hydrogen-bond acceptors (Lipinski definition) is 7. The van der Waals surface area contributed by atoms with E-state index in [0.717, 1.165) is 22.7 Å². The van der Waals surface area contributed by atoms with Crippen LogP contribution in [0.1, 0.15) is 38.3 Å². The number of rotatable bonds is 7. The van der Waals surface area contributed by atoms with E-state index in [1.807, 2.05) is 35.0 Å². The molecule has 0 atom stereocenters. The number of carbonyl (C=O) groups excluding carboxylic acids is 2. The lowest BCUT2D eigenvalue weighted by atomic mass is 10.2. The molecule has 0 fully saturated rings. The van der Waals surface area contributed by atoms with Gasteiger partial charge in [0.15, 0.2) is 5.13 Å². The molecule has 0 radical (unpaired) electrons. The Bertz CT molecular complexity index is 1210. The number of amides is 1. The lowest BCUT2D eigenvalue weighted by Gasteiger charge is -2.09. The third-order valence-corrected chi connectivity index (χ3v) is 5.45. The van der Waals surface area contributed by atoms with Crippen LogP contribution in [0, 0.1) is 6.92 Å². The van der Waals surface area contributed by atoms with Gasteiger partial charge in [-0.15, -0.1) is 0 Å². The van der Waals surface area contributed by atoms with Crippen molar-refractivity contribution in [3.63, 3.8) is 0 Å². The van der Waals surface area contributed by atoms with E-state index in [0.29, 0.717) is 27.0 Å². The zero-order valence-electron chi connectivity index (χ0n) is 17.0. The molecule has 3 aromatic heterocycles. The van der Waals surface area contributed by atoms with Crippen molar-refractivity contribution in [3.05, 3.63) is 76.7 Å². The first-order valence-corrected chi connectivity index (χ1v) is 10.5. The molecule has 1 aromatic carbocycles. The molecule has 0 saturated heterocycles. The number of anilines is 1. The van der Waals surface area contributed by atoms with E-state index in [1.165, 1.54) is 0 Å². The Kier molecular flexibility index (Phi) is 5.94. The fourth-order valence-corrected chi connectivity index (χ4v) is 3.84. The lowest BCUT2D eigenvalue weighted by molar-refractivity contribution is 0.0531. The lowest BCUT2D eigenvalue weighted by Crippen LogP contribution is -2.13. The monoisotopic (exact) mass is 436 g/mol.